The van der Waals surface area contributed by atoms with Crippen molar-refractivity contribution in [3.05, 3.63) is 17.2 Å². The lowest BCUT2D eigenvalue weighted by Gasteiger charge is -2.29. The lowest BCUT2D eigenvalue weighted by molar-refractivity contribution is 0.317. The zero-order valence-electron chi connectivity index (χ0n) is 12.9. The Morgan fingerprint density at radius 2 is 1.90 bits per heavy atom. The molecule has 0 heterocycles. The SMILES string of the molecule is CCCNC1CCCc2c1cc(OC)c(OC)c2OC. The minimum Gasteiger partial charge on any atom is -0.493 e. The molecule has 4 heteroatoms. The molecule has 0 aliphatic heterocycles. The van der Waals surface area contributed by atoms with Crippen LogP contribution in [0, 0.1) is 0 Å². The molecule has 1 aromatic carbocycles. The predicted octanol–water partition coefficient (Wildman–Crippen LogP) is 3.09. The van der Waals surface area contributed by atoms with E-state index in [0.29, 0.717) is 11.8 Å². The third kappa shape index (κ3) is 2.70. The Labute approximate surface area is 121 Å². The number of methoxy groups -OCH3 is 3. The van der Waals surface area contributed by atoms with Crippen LogP contribution >= 0.6 is 0 Å². The molecule has 0 spiro atoms. The van der Waals surface area contributed by atoms with Gasteiger partial charge in [0.15, 0.2) is 11.5 Å². The van der Waals surface area contributed by atoms with Crippen molar-refractivity contribution in [3.63, 3.8) is 0 Å². The molecule has 0 saturated carbocycles. The van der Waals surface area contributed by atoms with Crippen molar-refractivity contribution in [3.8, 4) is 17.2 Å². The van der Waals surface area contributed by atoms with Crippen LogP contribution in [0.5, 0.6) is 17.2 Å². The molecule has 1 aliphatic carbocycles. The summed E-state index contributed by atoms with van der Waals surface area (Å²) in [6, 6.07) is 2.48. The van der Waals surface area contributed by atoms with Crippen LogP contribution in [0.1, 0.15) is 43.4 Å². The summed E-state index contributed by atoms with van der Waals surface area (Å²) < 4.78 is 16.5. The zero-order valence-corrected chi connectivity index (χ0v) is 12.9. The van der Waals surface area contributed by atoms with Gasteiger partial charge in [0, 0.05) is 11.6 Å². The van der Waals surface area contributed by atoms with Crippen molar-refractivity contribution >= 4 is 0 Å². The molecule has 0 bridgehead atoms. The molecular weight excluding hydrogens is 254 g/mol. The first-order valence-corrected chi connectivity index (χ1v) is 7.31. The van der Waals surface area contributed by atoms with E-state index in [1.807, 2.05) is 0 Å². The molecule has 0 aromatic heterocycles. The maximum atomic E-state index is 5.60. The molecule has 112 valence electrons. The highest BCUT2D eigenvalue weighted by atomic mass is 16.5. The largest absolute Gasteiger partial charge is 0.493 e. The number of nitrogens with one attached hydrogen (secondary N) is 1. The van der Waals surface area contributed by atoms with Gasteiger partial charge in [-0.15, -0.1) is 0 Å². The molecule has 1 aromatic rings. The van der Waals surface area contributed by atoms with Crippen LogP contribution in [-0.4, -0.2) is 27.9 Å². The van der Waals surface area contributed by atoms with Gasteiger partial charge in [0.05, 0.1) is 21.3 Å². The highest BCUT2D eigenvalue weighted by Gasteiger charge is 2.27. The van der Waals surface area contributed by atoms with E-state index in [-0.39, 0.29) is 0 Å². The van der Waals surface area contributed by atoms with E-state index in [1.54, 1.807) is 21.3 Å². The molecule has 1 N–H and O–H groups in total. The molecule has 20 heavy (non-hydrogen) atoms. The first kappa shape index (κ1) is 15.0. The fraction of sp³-hybridized carbons (Fsp3) is 0.625. The summed E-state index contributed by atoms with van der Waals surface area (Å²) in [4.78, 5) is 0. The van der Waals surface area contributed by atoms with Gasteiger partial charge in [-0.05, 0) is 43.9 Å². The van der Waals surface area contributed by atoms with E-state index in [0.717, 1.165) is 37.3 Å². The van der Waals surface area contributed by atoms with Crippen molar-refractivity contribution in [1.29, 1.82) is 0 Å². The van der Waals surface area contributed by atoms with Gasteiger partial charge in [-0.1, -0.05) is 6.92 Å². The average Bonchev–Trinajstić information content (AvgIpc) is 2.50. The first-order valence-electron chi connectivity index (χ1n) is 7.31. The van der Waals surface area contributed by atoms with Crippen molar-refractivity contribution < 1.29 is 14.2 Å². The summed E-state index contributed by atoms with van der Waals surface area (Å²) in [5, 5.41) is 3.62. The van der Waals surface area contributed by atoms with Crippen molar-refractivity contribution in [2.45, 2.75) is 38.6 Å². The Balaban J connectivity index is 2.48. The Morgan fingerprint density at radius 3 is 2.50 bits per heavy atom. The molecule has 4 nitrogen and oxygen atoms in total. The van der Waals surface area contributed by atoms with Gasteiger partial charge in [0.1, 0.15) is 0 Å². The van der Waals surface area contributed by atoms with Gasteiger partial charge in [-0.2, -0.15) is 0 Å². The Hall–Kier alpha value is -1.42. The highest BCUT2D eigenvalue weighted by molar-refractivity contribution is 5.60. The van der Waals surface area contributed by atoms with Crippen LogP contribution in [0.2, 0.25) is 0 Å². The monoisotopic (exact) mass is 279 g/mol. The number of rotatable bonds is 6. The lowest BCUT2D eigenvalue weighted by atomic mass is 9.86. The third-order valence-corrected chi connectivity index (χ3v) is 3.90. The van der Waals surface area contributed by atoms with E-state index in [9.17, 15) is 0 Å². The fourth-order valence-corrected chi connectivity index (χ4v) is 2.97. The second-order valence-electron chi connectivity index (χ2n) is 5.11. The smallest absolute Gasteiger partial charge is 0.203 e. The quantitative estimate of drug-likeness (QED) is 0.868. The molecule has 0 fully saturated rings. The minimum atomic E-state index is 0.382. The van der Waals surface area contributed by atoms with Gasteiger partial charge < -0.3 is 19.5 Å². The Bertz CT molecular complexity index is 460. The number of ether oxygens (including phenoxy) is 3. The normalized spacial score (nSPS) is 17.5. The number of hydrogen-bond acceptors (Lipinski definition) is 4. The number of fused-ring (bicyclic) bond motifs is 1. The molecule has 1 atom stereocenters. The molecule has 2 rings (SSSR count). The summed E-state index contributed by atoms with van der Waals surface area (Å²) in [5.74, 6) is 2.27. The molecular formula is C16H25NO3. The van der Waals surface area contributed by atoms with E-state index >= 15 is 0 Å². The summed E-state index contributed by atoms with van der Waals surface area (Å²) in [5.41, 5.74) is 2.55. The maximum Gasteiger partial charge on any atom is 0.203 e. The van der Waals surface area contributed by atoms with Gasteiger partial charge in [0.2, 0.25) is 5.75 Å². The van der Waals surface area contributed by atoms with Gasteiger partial charge in [0.25, 0.3) is 0 Å². The number of hydrogen-bond donors (Lipinski definition) is 1. The van der Waals surface area contributed by atoms with Crippen LogP contribution in [0.25, 0.3) is 0 Å². The highest BCUT2D eigenvalue weighted by Crippen LogP contribution is 2.46. The van der Waals surface area contributed by atoms with E-state index in [2.05, 4.69) is 18.3 Å². The predicted molar refractivity (Wildman–Crippen MR) is 80.1 cm³/mol. The van der Waals surface area contributed by atoms with Crippen molar-refractivity contribution in [2.75, 3.05) is 27.9 Å². The standard InChI is InChI=1S/C16H25NO3/c1-5-9-17-13-8-6-7-11-12(13)10-14(18-2)16(20-4)15(11)19-3/h10,13,17H,5-9H2,1-4H3. The number of benzene rings is 1. The lowest BCUT2D eigenvalue weighted by Crippen LogP contribution is -2.26. The van der Waals surface area contributed by atoms with E-state index < -0.39 is 0 Å². The van der Waals surface area contributed by atoms with Crippen LogP contribution in [0.4, 0.5) is 0 Å². The fourth-order valence-electron chi connectivity index (χ4n) is 2.97. The van der Waals surface area contributed by atoms with Crippen LogP contribution < -0.4 is 19.5 Å². The van der Waals surface area contributed by atoms with Crippen molar-refractivity contribution in [2.24, 2.45) is 0 Å². The summed E-state index contributed by atoms with van der Waals surface area (Å²) in [7, 11) is 5.02. The topological polar surface area (TPSA) is 39.7 Å². The van der Waals surface area contributed by atoms with Crippen molar-refractivity contribution in [1.82, 2.24) is 5.32 Å². The van der Waals surface area contributed by atoms with Gasteiger partial charge in [-0.25, -0.2) is 0 Å². The van der Waals surface area contributed by atoms with Gasteiger partial charge in [-0.3, -0.25) is 0 Å². The first-order chi connectivity index (χ1) is 9.76. The van der Waals surface area contributed by atoms with Crippen LogP contribution in [0.3, 0.4) is 0 Å². The van der Waals surface area contributed by atoms with E-state index in [1.165, 1.54) is 17.5 Å². The van der Waals surface area contributed by atoms with Crippen LogP contribution in [0.15, 0.2) is 6.07 Å². The second kappa shape index (κ2) is 6.84. The maximum absolute atomic E-state index is 5.60. The summed E-state index contributed by atoms with van der Waals surface area (Å²) in [6.07, 6.45) is 4.49. The Morgan fingerprint density at radius 1 is 1.15 bits per heavy atom. The molecule has 0 amide bonds. The minimum absolute atomic E-state index is 0.382. The molecule has 1 aliphatic rings. The summed E-state index contributed by atoms with van der Waals surface area (Å²) in [6.45, 7) is 3.21. The van der Waals surface area contributed by atoms with E-state index in [4.69, 9.17) is 14.2 Å². The van der Waals surface area contributed by atoms with Gasteiger partial charge >= 0.3 is 0 Å². The zero-order chi connectivity index (χ0) is 14.5. The second-order valence-corrected chi connectivity index (χ2v) is 5.11. The molecule has 1 unspecified atom stereocenters. The average molecular weight is 279 g/mol. The Kier molecular flexibility index (Phi) is 5.12. The molecule has 0 radical (unpaired) electrons. The molecule has 0 saturated heterocycles. The summed E-state index contributed by atoms with van der Waals surface area (Å²) >= 11 is 0. The van der Waals surface area contributed by atoms with Crippen LogP contribution in [-0.2, 0) is 6.42 Å². The third-order valence-electron chi connectivity index (χ3n) is 3.90.